The van der Waals surface area contributed by atoms with Gasteiger partial charge in [0.15, 0.2) is 5.69 Å². The number of para-hydroxylation sites is 1. The van der Waals surface area contributed by atoms with E-state index in [1.54, 1.807) is 29.1 Å². The summed E-state index contributed by atoms with van der Waals surface area (Å²) in [7, 11) is -0.955. The summed E-state index contributed by atoms with van der Waals surface area (Å²) in [4.78, 5) is 12.3. The van der Waals surface area contributed by atoms with E-state index in [1.165, 1.54) is 6.07 Å². The van der Waals surface area contributed by atoms with Crippen molar-refractivity contribution in [1.82, 2.24) is 15.1 Å². The Labute approximate surface area is 136 Å². The van der Waals surface area contributed by atoms with Crippen LogP contribution < -0.4 is 5.32 Å². The monoisotopic (exact) mass is 335 g/mol. The third-order valence-electron chi connectivity index (χ3n) is 3.90. The van der Waals surface area contributed by atoms with Crippen LogP contribution in [0.3, 0.4) is 0 Å². The summed E-state index contributed by atoms with van der Waals surface area (Å²) in [6.45, 7) is 0.337. The van der Waals surface area contributed by atoms with Crippen LogP contribution in [0.5, 0.6) is 0 Å². The molecule has 1 aliphatic rings. The van der Waals surface area contributed by atoms with Gasteiger partial charge >= 0.3 is 0 Å². The number of aromatic nitrogens is 2. The Hall–Kier alpha value is -2.02. The van der Waals surface area contributed by atoms with Crippen LogP contribution in [-0.4, -0.2) is 38.4 Å². The quantitative estimate of drug-likeness (QED) is 0.903. The number of benzene rings is 1. The lowest BCUT2D eigenvalue weighted by molar-refractivity contribution is 0.0950. The molecule has 1 N–H and O–H groups in total. The van der Waals surface area contributed by atoms with Crippen molar-refractivity contribution >= 4 is 16.7 Å². The highest BCUT2D eigenvalue weighted by molar-refractivity contribution is 7.84. The molecule has 0 radical (unpaired) electrons. The van der Waals surface area contributed by atoms with E-state index in [0.29, 0.717) is 23.7 Å². The molecule has 3 rings (SSSR count). The molecule has 1 aliphatic carbocycles. The lowest BCUT2D eigenvalue weighted by atomic mass is 10.2. The van der Waals surface area contributed by atoms with E-state index in [0.717, 1.165) is 30.5 Å². The molecule has 0 bridgehead atoms. The van der Waals surface area contributed by atoms with Gasteiger partial charge in [-0.05, 0) is 31.4 Å². The topological polar surface area (TPSA) is 64.0 Å². The van der Waals surface area contributed by atoms with Gasteiger partial charge in [0.05, 0.1) is 0 Å². The minimum atomic E-state index is -0.955. The SMILES string of the molecule is C[S@](=O)CCNC(=O)c1nn(-c2ccccc2F)c2c1CCC2. The lowest BCUT2D eigenvalue weighted by Gasteiger charge is -2.06. The van der Waals surface area contributed by atoms with Crippen molar-refractivity contribution in [1.29, 1.82) is 0 Å². The minimum Gasteiger partial charge on any atom is -0.350 e. The number of hydrogen-bond donors (Lipinski definition) is 1. The van der Waals surface area contributed by atoms with Gasteiger partial charge in [-0.1, -0.05) is 12.1 Å². The number of hydrogen-bond acceptors (Lipinski definition) is 3. The molecule has 0 unspecified atom stereocenters. The molecule has 7 heteroatoms. The van der Waals surface area contributed by atoms with Crippen molar-refractivity contribution < 1.29 is 13.4 Å². The third-order valence-corrected chi connectivity index (χ3v) is 4.68. The normalized spacial score (nSPS) is 14.5. The first-order chi connectivity index (χ1) is 11.1. The zero-order chi connectivity index (χ0) is 16.4. The first-order valence-electron chi connectivity index (χ1n) is 7.52. The molecular weight excluding hydrogens is 317 g/mol. The molecule has 0 spiro atoms. The molecule has 1 amide bonds. The van der Waals surface area contributed by atoms with E-state index in [4.69, 9.17) is 0 Å². The molecule has 1 aromatic carbocycles. The van der Waals surface area contributed by atoms with Crippen LogP contribution in [0.25, 0.3) is 5.69 Å². The van der Waals surface area contributed by atoms with Gasteiger partial charge in [-0.25, -0.2) is 9.07 Å². The number of nitrogens with one attached hydrogen (secondary N) is 1. The van der Waals surface area contributed by atoms with Crippen molar-refractivity contribution in [2.24, 2.45) is 0 Å². The third kappa shape index (κ3) is 3.19. The van der Waals surface area contributed by atoms with E-state index in [2.05, 4.69) is 10.4 Å². The van der Waals surface area contributed by atoms with E-state index < -0.39 is 10.8 Å². The van der Waals surface area contributed by atoms with Crippen molar-refractivity contribution in [3.63, 3.8) is 0 Å². The maximum atomic E-state index is 14.1. The van der Waals surface area contributed by atoms with E-state index in [-0.39, 0.29) is 11.7 Å². The molecular formula is C16H18FN3O2S. The molecule has 122 valence electrons. The molecule has 5 nitrogen and oxygen atoms in total. The lowest BCUT2D eigenvalue weighted by Crippen LogP contribution is -2.28. The summed E-state index contributed by atoms with van der Waals surface area (Å²) in [6, 6.07) is 6.41. The summed E-state index contributed by atoms with van der Waals surface area (Å²) in [5, 5.41) is 7.09. The molecule has 1 atom stereocenters. The fourth-order valence-corrected chi connectivity index (χ4v) is 3.22. The van der Waals surface area contributed by atoms with Crippen molar-refractivity contribution in [2.45, 2.75) is 19.3 Å². The molecule has 0 fully saturated rings. The summed E-state index contributed by atoms with van der Waals surface area (Å²) < 4.78 is 26.7. The number of carbonyl (C=O) groups is 1. The van der Waals surface area contributed by atoms with Gasteiger partial charge in [0, 0.05) is 40.6 Å². The smallest absolute Gasteiger partial charge is 0.272 e. The fourth-order valence-electron chi connectivity index (χ4n) is 2.83. The Kier molecular flexibility index (Phi) is 4.56. The zero-order valence-corrected chi connectivity index (χ0v) is 13.7. The number of carbonyl (C=O) groups excluding carboxylic acids is 1. The van der Waals surface area contributed by atoms with Crippen molar-refractivity contribution in [3.05, 3.63) is 47.0 Å². The Morgan fingerprint density at radius 1 is 1.39 bits per heavy atom. The molecule has 0 saturated heterocycles. The predicted octanol–water partition coefficient (Wildman–Crippen LogP) is 1.61. The highest BCUT2D eigenvalue weighted by Gasteiger charge is 2.27. The predicted molar refractivity (Wildman–Crippen MR) is 86.8 cm³/mol. The van der Waals surface area contributed by atoms with Gasteiger partial charge in [0.2, 0.25) is 0 Å². The van der Waals surface area contributed by atoms with Crippen LogP contribution in [0.2, 0.25) is 0 Å². The molecule has 23 heavy (non-hydrogen) atoms. The standard InChI is InChI=1S/C16H18FN3O2S/c1-23(22)10-9-18-16(21)15-11-5-4-8-13(11)20(19-15)14-7-3-2-6-12(14)17/h2-3,6-7H,4-5,8-10H2,1H3,(H,18,21)/t23-/m0/s1. The molecule has 0 saturated carbocycles. The van der Waals surface area contributed by atoms with Gasteiger partial charge in [0.1, 0.15) is 11.5 Å². The fraction of sp³-hybridized carbons (Fsp3) is 0.375. The minimum absolute atomic E-state index is 0.288. The van der Waals surface area contributed by atoms with Crippen LogP contribution >= 0.6 is 0 Å². The number of rotatable bonds is 5. The average molecular weight is 335 g/mol. The van der Waals surface area contributed by atoms with Crippen LogP contribution in [0.4, 0.5) is 4.39 Å². The summed E-state index contributed by atoms with van der Waals surface area (Å²) >= 11 is 0. The Balaban J connectivity index is 1.91. The largest absolute Gasteiger partial charge is 0.350 e. The number of amides is 1. The highest BCUT2D eigenvalue weighted by Crippen LogP contribution is 2.28. The Morgan fingerprint density at radius 3 is 2.91 bits per heavy atom. The molecule has 2 aromatic rings. The number of halogens is 1. The van der Waals surface area contributed by atoms with E-state index in [9.17, 15) is 13.4 Å². The second-order valence-electron chi connectivity index (χ2n) is 5.52. The Morgan fingerprint density at radius 2 is 2.17 bits per heavy atom. The second-order valence-corrected chi connectivity index (χ2v) is 7.08. The van der Waals surface area contributed by atoms with Crippen molar-refractivity contribution in [2.75, 3.05) is 18.6 Å². The number of nitrogens with zero attached hydrogens (tertiary/aromatic N) is 2. The maximum absolute atomic E-state index is 14.1. The maximum Gasteiger partial charge on any atom is 0.272 e. The van der Waals surface area contributed by atoms with Gasteiger partial charge in [-0.3, -0.25) is 9.00 Å². The summed E-state index contributed by atoms with van der Waals surface area (Å²) in [5.41, 5.74) is 2.50. The van der Waals surface area contributed by atoms with Gasteiger partial charge < -0.3 is 5.32 Å². The summed E-state index contributed by atoms with van der Waals surface area (Å²) in [6.07, 6.45) is 4.08. The first kappa shape index (κ1) is 15.9. The van der Waals surface area contributed by atoms with Crippen LogP contribution in [0.1, 0.15) is 28.2 Å². The van der Waals surface area contributed by atoms with Crippen molar-refractivity contribution in [3.8, 4) is 5.69 Å². The van der Waals surface area contributed by atoms with Gasteiger partial charge in [-0.2, -0.15) is 5.10 Å². The first-order valence-corrected chi connectivity index (χ1v) is 9.24. The van der Waals surface area contributed by atoms with Gasteiger partial charge in [0.25, 0.3) is 5.91 Å². The number of fused-ring (bicyclic) bond motifs is 1. The molecule has 1 aromatic heterocycles. The van der Waals surface area contributed by atoms with Crippen LogP contribution in [0, 0.1) is 5.82 Å². The van der Waals surface area contributed by atoms with E-state index in [1.807, 2.05) is 0 Å². The second kappa shape index (κ2) is 6.62. The Bertz CT molecular complexity index is 773. The van der Waals surface area contributed by atoms with E-state index >= 15 is 0 Å². The molecule has 1 heterocycles. The average Bonchev–Trinajstić information content (AvgIpc) is 3.09. The zero-order valence-electron chi connectivity index (χ0n) is 12.8. The summed E-state index contributed by atoms with van der Waals surface area (Å²) in [5.74, 6) is -0.246. The van der Waals surface area contributed by atoms with Crippen LogP contribution in [-0.2, 0) is 23.6 Å². The molecule has 0 aliphatic heterocycles. The highest BCUT2D eigenvalue weighted by atomic mass is 32.2. The van der Waals surface area contributed by atoms with Crippen LogP contribution in [0.15, 0.2) is 24.3 Å². The van der Waals surface area contributed by atoms with Gasteiger partial charge in [-0.15, -0.1) is 0 Å².